The number of nitrogens with zero attached hydrogens (tertiary/aromatic N) is 2. The average molecular weight is 481 g/mol. The Morgan fingerprint density at radius 2 is 1.55 bits per heavy atom. The molecule has 3 aromatic rings. The molecule has 0 aromatic heterocycles. The molecule has 4 rings (SSSR count). The van der Waals surface area contributed by atoms with Gasteiger partial charge in [0.2, 0.25) is 18.0 Å². The van der Waals surface area contributed by atoms with Crippen LogP contribution in [0.3, 0.4) is 0 Å². The van der Waals surface area contributed by atoms with Gasteiger partial charge in [-0.1, -0.05) is 42.5 Å². The van der Waals surface area contributed by atoms with E-state index in [1.165, 1.54) is 11.9 Å². The Labute approximate surface area is 189 Å². The van der Waals surface area contributed by atoms with Crippen molar-refractivity contribution in [3.63, 3.8) is 0 Å². The lowest BCUT2D eigenvalue weighted by Gasteiger charge is -2.22. The van der Waals surface area contributed by atoms with Crippen molar-refractivity contribution in [3.05, 3.63) is 82.3 Å². The molecule has 3 aromatic carbocycles. The lowest BCUT2D eigenvalue weighted by atomic mass is 10.0. The van der Waals surface area contributed by atoms with Crippen LogP contribution in [-0.4, -0.2) is 31.0 Å². The van der Waals surface area contributed by atoms with E-state index in [0.717, 1.165) is 21.2 Å². The van der Waals surface area contributed by atoms with Crippen LogP contribution in [0.5, 0.6) is 11.5 Å². The van der Waals surface area contributed by atoms with Gasteiger partial charge in [0.15, 0.2) is 0 Å². The van der Waals surface area contributed by atoms with Crippen molar-refractivity contribution < 1.29 is 19.0 Å². The summed E-state index contributed by atoms with van der Waals surface area (Å²) in [6, 6.07) is 21.5. The van der Waals surface area contributed by atoms with Gasteiger partial charge in [-0.3, -0.25) is 4.79 Å². The molecule has 1 amide bonds. The first-order chi connectivity index (χ1) is 15.0. The molecule has 0 saturated carbocycles. The van der Waals surface area contributed by atoms with E-state index >= 15 is 0 Å². The van der Waals surface area contributed by atoms with Gasteiger partial charge in [0.1, 0.15) is 11.5 Å². The van der Waals surface area contributed by atoms with E-state index in [2.05, 4.69) is 33.2 Å². The highest BCUT2D eigenvalue weighted by atomic mass is 79.9. The van der Waals surface area contributed by atoms with Crippen LogP contribution in [0, 0.1) is 0 Å². The maximum absolute atomic E-state index is 12.3. The maximum atomic E-state index is 12.3. The third kappa shape index (κ3) is 4.14. The van der Waals surface area contributed by atoms with Gasteiger partial charge in [-0.25, -0.2) is 0 Å². The molecular formula is C24H21BrN2O4. The van der Waals surface area contributed by atoms with Gasteiger partial charge < -0.3 is 14.2 Å². The Hall–Kier alpha value is -3.32. The molecule has 1 heterocycles. The zero-order valence-electron chi connectivity index (χ0n) is 17.3. The molecule has 6 nitrogen and oxygen atoms in total. The van der Waals surface area contributed by atoms with E-state index in [1.54, 1.807) is 20.3 Å². The second-order valence-electron chi connectivity index (χ2n) is 6.91. The number of carbonyl (C=O) groups is 1. The van der Waals surface area contributed by atoms with Crippen LogP contribution >= 0.6 is 15.9 Å². The molecular weight excluding hydrogens is 460 g/mol. The van der Waals surface area contributed by atoms with Crippen LogP contribution in [0.2, 0.25) is 0 Å². The molecule has 31 heavy (non-hydrogen) atoms. The molecule has 0 fully saturated rings. The second kappa shape index (κ2) is 8.81. The summed E-state index contributed by atoms with van der Waals surface area (Å²) < 4.78 is 17.7. The summed E-state index contributed by atoms with van der Waals surface area (Å²) in [5.74, 6) is 1.28. The Kier molecular flexibility index (Phi) is 5.95. The van der Waals surface area contributed by atoms with E-state index < -0.39 is 6.23 Å². The highest BCUT2D eigenvalue weighted by Crippen LogP contribution is 2.40. The predicted octanol–water partition coefficient (Wildman–Crippen LogP) is 5.37. The lowest BCUT2D eigenvalue weighted by Crippen LogP contribution is -2.25. The van der Waals surface area contributed by atoms with Crippen LogP contribution < -0.4 is 9.47 Å². The molecule has 0 saturated heterocycles. The standard InChI is InChI=1S/C24H21BrN2O4/c1-15(28)27-24(19-13-20(25)22(30-3)14-21(19)29-2)31-23(26-27)18-11-9-17(10-12-18)16-7-5-4-6-8-16/h4-14,24H,1-3H3/t24-/m0/s1. The quantitative estimate of drug-likeness (QED) is 0.492. The van der Waals surface area contributed by atoms with E-state index in [1.807, 2.05) is 48.5 Å². The largest absolute Gasteiger partial charge is 0.496 e. The molecule has 0 radical (unpaired) electrons. The molecule has 1 aliphatic rings. The molecule has 0 unspecified atom stereocenters. The third-order valence-corrected chi connectivity index (χ3v) is 5.60. The minimum atomic E-state index is -0.751. The second-order valence-corrected chi connectivity index (χ2v) is 7.77. The monoisotopic (exact) mass is 480 g/mol. The number of rotatable bonds is 5. The number of amides is 1. The summed E-state index contributed by atoms with van der Waals surface area (Å²) in [6.07, 6.45) is -0.751. The fraction of sp³-hybridized carbons (Fsp3) is 0.167. The summed E-state index contributed by atoms with van der Waals surface area (Å²) in [4.78, 5) is 12.3. The number of hydrogen-bond donors (Lipinski definition) is 0. The highest BCUT2D eigenvalue weighted by Gasteiger charge is 2.35. The van der Waals surface area contributed by atoms with Gasteiger partial charge in [0.25, 0.3) is 0 Å². The Morgan fingerprint density at radius 3 is 2.16 bits per heavy atom. The van der Waals surface area contributed by atoms with Crippen molar-refractivity contribution in [3.8, 4) is 22.6 Å². The first-order valence-electron chi connectivity index (χ1n) is 9.64. The minimum Gasteiger partial charge on any atom is -0.496 e. The molecule has 0 bridgehead atoms. The Morgan fingerprint density at radius 1 is 0.935 bits per heavy atom. The number of carbonyl (C=O) groups excluding carboxylic acids is 1. The summed E-state index contributed by atoms with van der Waals surface area (Å²) in [5.41, 5.74) is 3.65. The van der Waals surface area contributed by atoms with E-state index in [-0.39, 0.29) is 5.91 Å². The van der Waals surface area contributed by atoms with Crippen molar-refractivity contribution in [2.24, 2.45) is 5.10 Å². The van der Waals surface area contributed by atoms with Gasteiger partial charge in [0, 0.05) is 18.6 Å². The van der Waals surface area contributed by atoms with Crippen molar-refractivity contribution in [1.82, 2.24) is 5.01 Å². The first kappa shape index (κ1) is 20.9. The van der Waals surface area contributed by atoms with Crippen molar-refractivity contribution in [2.45, 2.75) is 13.2 Å². The first-order valence-corrected chi connectivity index (χ1v) is 10.4. The number of ether oxygens (including phenoxy) is 3. The smallest absolute Gasteiger partial charge is 0.243 e. The average Bonchev–Trinajstić information content (AvgIpc) is 3.25. The zero-order chi connectivity index (χ0) is 22.0. The zero-order valence-corrected chi connectivity index (χ0v) is 18.9. The summed E-state index contributed by atoms with van der Waals surface area (Å²) in [6.45, 7) is 1.45. The number of hydrogen-bond acceptors (Lipinski definition) is 5. The third-order valence-electron chi connectivity index (χ3n) is 4.98. The van der Waals surface area contributed by atoms with Gasteiger partial charge >= 0.3 is 0 Å². The van der Waals surface area contributed by atoms with Crippen molar-refractivity contribution in [2.75, 3.05) is 14.2 Å². The minimum absolute atomic E-state index is 0.241. The van der Waals surface area contributed by atoms with Crippen molar-refractivity contribution in [1.29, 1.82) is 0 Å². The van der Waals surface area contributed by atoms with E-state index in [0.29, 0.717) is 23.0 Å². The van der Waals surface area contributed by atoms with Crippen LogP contribution in [0.1, 0.15) is 24.3 Å². The Balaban J connectivity index is 1.66. The van der Waals surface area contributed by atoms with E-state index in [9.17, 15) is 4.79 Å². The molecule has 0 N–H and O–H groups in total. The fourth-order valence-corrected chi connectivity index (χ4v) is 3.92. The topological polar surface area (TPSA) is 60.4 Å². The number of benzene rings is 3. The Bertz CT molecular complexity index is 1130. The fourth-order valence-electron chi connectivity index (χ4n) is 3.40. The maximum Gasteiger partial charge on any atom is 0.243 e. The summed E-state index contributed by atoms with van der Waals surface area (Å²) >= 11 is 3.49. The summed E-state index contributed by atoms with van der Waals surface area (Å²) in [5, 5.41) is 5.76. The molecule has 0 aliphatic carbocycles. The van der Waals surface area contributed by atoms with Crippen molar-refractivity contribution >= 4 is 27.7 Å². The normalized spacial score (nSPS) is 15.3. The molecule has 158 valence electrons. The summed E-state index contributed by atoms with van der Waals surface area (Å²) in [7, 11) is 3.14. The molecule has 0 spiro atoms. The van der Waals surface area contributed by atoms with E-state index in [4.69, 9.17) is 14.2 Å². The van der Waals surface area contributed by atoms with Gasteiger partial charge in [-0.2, -0.15) is 5.01 Å². The van der Waals surface area contributed by atoms with Crippen LogP contribution in [0.25, 0.3) is 11.1 Å². The SMILES string of the molecule is COc1cc(OC)c([C@@H]2OC(c3ccc(-c4ccccc4)cc3)=NN2C(C)=O)cc1Br. The molecule has 1 atom stereocenters. The molecule has 7 heteroatoms. The van der Waals surface area contributed by atoms with Crippen LogP contribution in [0.15, 0.2) is 76.3 Å². The lowest BCUT2D eigenvalue weighted by molar-refractivity contribution is -0.135. The van der Waals surface area contributed by atoms with Gasteiger partial charge in [-0.05, 0) is 45.3 Å². The highest BCUT2D eigenvalue weighted by molar-refractivity contribution is 9.10. The van der Waals surface area contributed by atoms with Gasteiger partial charge in [-0.15, -0.1) is 5.10 Å². The van der Waals surface area contributed by atoms with Gasteiger partial charge in [0.05, 0.1) is 24.3 Å². The number of halogens is 1. The number of hydrazone groups is 1. The number of methoxy groups -OCH3 is 2. The molecule has 1 aliphatic heterocycles. The van der Waals surface area contributed by atoms with Crippen LogP contribution in [-0.2, 0) is 9.53 Å². The predicted molar refractivity (Wildman–Crippen MR) is 122 cm³/mol. The van der Waals surface area contributed by atoms with Crippen LogP contribution in [0.4, 0.5) is 0 Å².